The Morgan fingerprint density at radius 1 is 1.30 bits per heavy atom. The van der Waals surface area contributed by atoms with Crippen molar-refractivity contribution < 1.29 is 14.7 Å². The van der Waals surface area contributed by atoms with Gasteiger partial charge in [0.1, 0.15) is 0 Å². The number of carboxylic acid groups (broad SMARTS) is 1. The highest BCUT2D eigenvalue weighted by Gasteiger charge is 2.09. The van der Waals surface area contributed by atoms with E-state index in [-0.39, 0.29) is 5.91 Å². The van der Waals surface area contributed by atoms with E-state index in [4.69, 9.17) is 5.11 Å². The number of carbonyl (C=O) groups excluding carboxylic acids is 1. The summed E-state index contributed by atoms with van der Waals surface area (Å²) in [5.41, 5.74) is 2.13. The van der Waals surface area contributed by atoms with Crippen LogP contribution in [-0.4, -0.2) is 23.5 Å². The lowest BCUT2D eigenvalue weighted by molar-refractivity contribution is -0.131. The van der Waals surface area contributed by atoms with Crippen LogP contribution in [0, 0.1) is 6.92 Å². The van der Waals surface area contributed by atoms with Gasteiger partial charge in [-0.2, -0.15) is 0 Å². The Morgan fingerprint density at radius 2 is 2.05 bits per heavy atom. The van der Waals surface area contributed by atoms with Crippen molar-refractivity contribution in [2.45, 2.75) is 33.1 Å². The van der Waals surface area contributed by atoms with Crippen molar-refractivity contribution in [2.75, 3.05) is 6.54 Å². The third-order valence-electron chi connectivity index (χ3n) is 3.09. The molecule has 0 heterocycles. The molecule has 0 aliphatic carbocycles. The van der Waals surface area contributed by atoms with Crippen molar-refractivity contribution in [3.63, 3.8) is 0 Å². The van der Waals surface area contributed by atoms with E-state index < -0.39 is 5.97 Å². The first-order valence-electron chi connectivity index (χ1n) is 6.85. The summed E-state index contributed by atoms with van der Waals surface area (Å²) in [6, 6.07) is 5.31. The number of hydrogen-bond acceptors (Lipinski definition) is 2. The zero-order valence-corrected chi connectivity index (χ0v) is 12.0. The smallest absolute Gasteiger partial charge is 0.328 e. The van der Waals surface area contributed by atoms with Crippen molar-refractivity contribution in [3.05, 3.63) is 41.0 Å². The molecule has 108 valence electrons. The maximum atomic E-state index is 12.1. The third-order valence-corrected chi connectivity index (χ3v) is 3.09. The number of benzene rings is 1. The Hall–Kier alpha value is -2.10. The van der Waals surface area contributed by atoms with Crippen LogP contribution in [0.4, 0.5) is 0 Å². The molecule has 0 bridgehead atoms. The normalized spacial score (nSPS) is 10.7. The number of unbranched alkanes of at least 4 members (excludes halogenated alkanes) is 2. The Kier molecular flexibility index (Phi) is 6.50. The molecule has 0 fully saturated rings. The minimum Gasteiger partial charge on any atom is -0.478 e. The molecule has 0 unspecified atom stereocenters. The topological polar surface area (TPSA) is 66.4 Å². The van der Waals surface area contributed by atoms with Gasteiger partial charge in [0.15, 0.2) is 0 Å². The molecule has 4 heteroatoms. The van der Waals surface area contributed by atoms with E-state index in [0.717, 1.165) is 36.5 Å². The fourth-order valence-electron chi connectivity index (χ4n) is 1.91. The molecule has 0 aliphatic rings. The SMILES string of the molecule is CCCCCNC(=O)c1cccc(C=CC(=O)O)c1C. The Bertz CT molecular complexity index is 506. The van der Waals surface area contributed by atoms with Gasteiger partial charge in [0.2, 0.25) is 0 Å². The summed E-state index contributed by atoms with van der Waals surface area (Å²) in [6.07, 6.45) is 5.77. The second kappa shape index (κ2) is 8.15. The van der Waals surface area contributed by atoms with E-state index in [1.54, 1.807) is 18.2 Å². The number of carbonyl (C=O) groups is 2. The van der Waals surface area contributed by atoms with Crippen molar-refractivity contribution >= 4 is 18.0 Å². The second-order valence-electron chi connectivity index (χ2n) is 4.65. The lowest BCUT2D eigenvalue weighted by Crippen LogP contribution is -2.25. The van der Waals surface area contributed by atoms with E-state index >= 15 is 0 Å². The average Bonchev–Trinajstić information content (AvgIpc) is 2.42. The van der Waals surface area contributed by atoms with Gasteiger partial charge in [-0.15, -0.1) is 0 Å². The van der Waals surface area contributed by atoms with E-state index in [0.29, 0.717) is 12.1 Å². The monoisotopic (exact) mass is 275 g/mol. The molecule has 0 radical (unpaired) electrons. The zero-order valence-electron chi connectivity index (χ0n) is 12.0. The van der Waals surface area contributed by atoms with Gasteiger partial charge < -0.3 is 10.4 Å². The molecule has 1 rings (SSSR count). The Morgan fingerprint density at radius 3 is 2.70 bits per heavy atom. The first-order valence-corrected chi connectivity index (χ1v) is 6.85. The van der Waals surface area contributed by atoms with Crippen LogP contribution in [0.3, 0.4) is 0 Å². The first kappa shape index (κ1) is 16.0. The molecule has 0 aliphatic heterocycles. The van der Waals surface area contributed by atoms with Crippen LogP contribution >= 0.6 is 0 Å². The van der Waals surface area contributed by atoms with Crippen molar-refractivity contribution in [2.24, 2.45) is 0 Å². The van der Waals surface area contributed by atoms with Crippen molar-refractivity contribution in [1.82, 2.24) is 5.32 Å². The van der Waals surface area contributed by atoms with Crippen molar-refractivity contribution in [1.29, 1.82) is 0 Å². The summed E-state index contributed by atoms with van der Waals surface area (Å²) < 4.78 is 0. The molecular formula is C16H21NO3. The standard InChI is InChI=1S/C16H21NO3/c1-3-4-5-11-17-16(20)14-8-6-7-13(12(14)2)9-10-15(18)19/h6-10H,3-5,11H2,1-2H3,(H,17,20)(H,18,19). The molecular weight excluding hydrogens is 254 g/mol. The zero-order chi connectivity index (χ0) is 15.0. The number of amides is 1. The maximum Gasteiger partial charge on any atom is 0.328 e. The second-order valence-corrected chi connectivity index (χ2v) is 4.65. The summed E-state index contributed by atoms with van der Waals surface area (Å²) in [6.45, 7) is 4.61. The molecule has 1 aromatic carbocycles. The van der Waals surface area contributed by atoms with Crippen LogP contribution in [-0.2, 0) is 4.79 Å². The summed E-state index contributed by atoms with van der Waals surface area (Å²) in [4.78, 5) is 22.6. The number of aliphatic carboxylic acids is 1. The van der Waals surface area contributed by atoms with Crippen LogP contribution in [0.1, 0.15) is 47.7 Å². The van der Waals surface area contributed by atoms with Gasteiger partial charge in [0.05, 0.1) is 0 Å². The number of nitrogens with one attached hydrogen (secondary N) is 1. The molecule has 0 spiro atoms. The molecule has 0 saturated heterocycles. The quantitative estimate of drug-likeness (QED) is 0.594. The average molecular weight is 275 g/mol. The van der Waals surface area contributed by atoms with E-state index in [2.05, 4.69) is 12.2 Å². The van der Waals surface area contributed by atoms with Gasteiger partial charge in [-0.3, -0.25) is 4.79 Å². The third kappa shape index (κ3) is 4.88. The molecule has 0 aromatic heterocycles. The van der Waals surface area contributed by atoms with E-state index in [1.807, 2.05) is 6.92 Å². The summed E-state index contributed by atoms with van der Waals surface area (Å²) in [5, 5.41) is 11.5. The maximum absolute atomic E-state index is 12.1. The Balaban J connectivity index is 2.77. The highest BCUT2D eigenvalue weighted by atomic mass is 16.4. The highest BCUT2D eigenvalue weighted by molar-refractivity contribution is 5.97. The van der Waals surface area contributed by atoms with Crippen LogP contribution < -0.4 is 5.32 Å². The lowest BCUT2D eigenvalue weighted by Gasteiger charge is -2.09. The lowest BCUT2D eigenvalue weighted by atomic mass is 10.0. The fourth-order valence-corrected chi connectivity index (χ4v) is 1.91. The van der Waals surface area contributed by atoms with Crippen LogP contribution in [0.25, 0.3) is 6.08 Å². The molecule has 0 atom stereocenters. The first-order chi connectivity index (χ1) is 9.56. The molecule has 1 amide bonds. The van der Waals surface area contributed by atoms with Gasteiger partial charge in [0.25, 0.3) is 5.91 Å². The van der Waals surface area contributed by atoms with Crippen LogP contribution in [0.15, 0.2) is 24.3 Å². The number of rotatable bonds is 7. The molecule has 0 saturated carbocycles. The van der Waals surface area contributed by atoms with Gasteiger partial charge >= 0.3 is 5.97 Å². The molecule has 2 N–H and O–H groups in total. The fraction of sp³-hybridized carbons (Fsp3) is 0.375. The van der Waals surface area contributed by atoms with E-state index in [9.17, 15) is 9.59 Å². The molecule has 4 nitrogen and oxygen atoms in total. The molecule has 20 heavy (non-hydrogen) atoms. The summed E-state index contributed by atoms with van der Waals surface area (Å²) in [7, 11) is 0. The largest absolute Gasteiger partial charge is 0.478 e. The van der Waals surface area contributed by atoms with Crippen LogP contribution in [0.2, 0.25) is 0 Å². The predicted molar refractivity (Wildman–Crippen MR) is 79.7 cm³/mol. The van der Waals surface area contributed by atoms with Crippen LogP contribution in [0.5, 0.6) is 0 Å². The predicted octanol–water partition coefficient (Wildman–Crippen LogP) is 3.01. The van der Waals surface area contributed by atoms with Gasteiger partial charge in [0, 0.05) is 18.2 Å². The highest BCUT2D eigenvalue weighted by Crippen LogP contribution is 2.15. The van der Waals surface area contributed by atoms with E-state index in [1.165, 1.54) is 6.08 Å². The summed E-state index contributed by atoms with van der Waals surface area (Å²) >= 11 is 0. The summed E-state index contributed by atoms with van der Waals surface area (Å²) in [5.74, 6) is -1.11. The number of carboxylic acids is 1. The minimum atomic E-state index is -1.00. The molecule has 1 aromatic rings. The van der Waals surface area contributed by atoms with Crippen molar-refractivity contribution in [3.8, 4) is 0 Å². The van der Waals surface area contributed by atoms with Gasteiger partial charge in [-0.25, -0.2) is 4.79 Å². The minimum absolute atomic E-state index is 0.107. The Labute approximate surface area is 119 Å². The number of hydrogen-bond donors (Lipinski definition) is 2. The van der Waals surface area contributed by atoms with Gasteiger partial charge in [-0.1, -0.05) is 31.9 Å². The van der Waals surface area contributed by atoms with Gasteiger partial charge in [-0.05, 0) is 36.6 Å².